The minimum atomic E-state index is -5.14. The average molecular weight is 594 g/mol. The summed E-state index contributed by atoms with van der Waals surface area (Å²) in [7, 11) is 0. The van der Waals surface area contributed by atoms with Crippen molar-refractivity contribution in [2.75, 3.05) is 44.2 Å². The van der Waals surface area contributed by atoms with Gasteiger partial charge in [0.25, 0.3) is 17.4 Å². The first-order valence-electron chi connectivity index (χ1n) is 14.1. The Hall–Kier alpha value is -2.82. The van der Waals surface area contributed by atoms with Crippen LogP contribution < -0.4 is 4.90 Å². The topological polar surface area (TPSA) is 84.3 Å². The maximum Gasteiger partial charge on any atom is 0.430 e. The van der Waals surface area contributed by atoms with Crippen molar-refractivity contribution >= 4 is 29.1 Å². The molecule has 3 fully saturated rings. The molecule has 5 rings (SSSR count). The van der Waals surface area contributed by atoms with Gasteiger partial charge in [0, 0.05) is 50.5 Å². The monoisotopic (exact) mass is 593 g/mol. The molecular formula is C30H35ClF3N3O4. The molecule has 2 amide bonds. The van der Waals surface area contributed by atoms with Gasteiger partial charge in [-0.2, -0.15) is 13.2 Å². The summed E-state index contributed by atoms with van der Waals surface area (Å²) in [4.78, 5) is 30.8. The van der Waals surface area contributed by atoms with E-state index in [9.17, 15) is 33.0 Å². The molecule has 222 valence electrons. The summed E-state index contributed by atoms with van der Waals surface area (Å²) in [6.07, 6.45) is -2.09. The normalized spacial score (nSPS) is 22.6. The second kappa shape index (κ2) is 11.8. The zero-order valence-corrected chi connectivity index (χ0v) is 23.4. The first kappa shape index (κ1) is 29.7. The lowest BCUT2D eigenvalue weighted by molar-refractivity contribution is -0.262. The van der Waals surface area contributed by atoms with E-state index >= 15 is 0 Å². The molecule has 3 aliphatic heterocycles. The molecule has 2 unspecified atom stereocenters. The number of anilines is 1. The Morgan fingerprint density at radius 1 is 0.829 bits per heavy atom. The second-order valence-corrected chi connectivity index (χ2v) is 11.8. The third-order valence-electron chi connectivity index (χ3n) is 8.94. The lowest BCUT2D eigenvalue weighted by atomic mass is 9.78. The van der Waals surface area contributed by atoms with E-state index in [4.69, 9.17) is 11.6 Å². The highest BCUT2D eigenvalue weighted by Crippen LogP contribution is 2.42. The van der Waals surface area contributed by atoms with E-state index in [0.717, 1.165) is 48.7 Å². The van der Waals surface area contributed by atoms with Crippen molar-refractivity contribution in [1.29, 1.82) is 0 Å². The van der Waals surface area contributed by atoms with Gasteiger partial charge in [-0.3, -0.25) is 9.59 Å². The van der Waals surface area contributed by atoms with Crippen molar-refractivity contribution in [3.05, 3.63) is 64.7 Å². The number of rotatable bonds is 5. The fraction of sp³-hybridized carbons (Fsp3) is 0.533. The van der Waals surface area contributed by atoms with Gasteiger partial charge in [0.15, 0.2) is 0 Å². The number of hydrogen-bond donors (Lipinski definition) is 2. The predicted molar refractivity (Wildman–Crippen MR) is 149 cm³/mol. The van der Waals surface area contributed by atoms with E-state index in [1.807, 2.05) is 6.07 Å². The fourth-order valence-corrected chi connectivity index (χ4v) is 6.75. The maximum atomic E-state index is 14.0. The molecule has 3 aliphatic rings. The zero-order chi connectivity index (χ0) is 29.4. The van der Waals surface area contributed by atoms with E-state index < -0.39 is 29.4 Å². The number of nitrogens with zero attached hydrogens (tertiary/aromatic N) is 3. The van der Waals surface area contributed by atoms with Crippen LogP contribution in [0.3, 0.4) is 0 Å². The standard InChI is InChI=1S/C30H35ClF3N3O4/c31-26-18-23(6-7-25(26)27(39)37-17-12-24(38)19-37)35-13-8-20(9-14-35)21-10-15-36(16-11-21)28(40)29(41,30(32,33)34)22-4-2-1-3-5-22/h1-7,18,20-21,24,38,41H,8-17,19H2. The Bertz CT molecular complexity index is 1250. The van der Waals surface area contributed by atoms with Crippen LogP contribution in [0.25, 0.3) is 0 Å². The lowest BCUT2D eigenvalue weighted by Crippen LogP contribution is -2.57. The number of carbonyl (C=O) groups is 2. The van der Waals surface area contributed by atoms with E-state index in [-0.39, 0.29) is 24.9 Å². The summed E-state index contributed by atoms with van der Waals surface area (Å²) in [6.45, 7) is 2.74. The van der Waals surface area contributed by atoms with Gasteiger partial charge in [-0.05, 0) is 62.1 Å². The Morgan fingerprint density at radius 2 is 1.41 bits per heavy atom. The van der Waals surface area contributed by atoms with Gasteiger partial charge < -0.3 is 24.9 Å². The second-order valence-electron chi connectivity index (χ2n) is 11.4. The molecule has 0 bridgehead atoms. The van der Waals surface area contributed by atoms with Crippen LogP contribution in [0.1, 0.15) is 48.0 Å². The summed E-state index contributed by atoms with van der Waals surface area (Å²) in [5, 5.41) is 20.8. The number of aliphatic hydroxyl groups is 2. The summed E-state index contributed by atoms with van der Waals surface area (Å²) in [5.74, 6) is -0.823. The van der Waals surface area contributed by atoms with Gasteiger partial charge in [-0.25, -0.2) is 0 Å². The Kier molecular flexibility index (Phi) is 8.55. The fourth-order valence-electron chi connectivity index (χ4n) is 6.49. The van der Waals surface area contributed by atoms with Gasteiger partial charge in [-0.15, -0.1) is 0 Å². The van der Waals surface area contributed by atoms with Crippen LogP contribution in [0.5, 0.6) is 0 Å². The summed E-state index contributed by atoms with van der Waals surface area (Å²) >= 11 is 6.49. The van der Waals surface area contributed by atoms with Crippen LogP contribution in [0.2, 0.25) is 5.02 Å². The molecular weight excluding hydrogens is 559 g/mol. The van der Waals surface area contributed by atoms with Gasteiger partial charge in [0.1, 0.15) is 0 Å². The molecule has 2 aromatic carbocycles. The molecule has 0 aliphatic carbocycles. The number of likely N-dealkylation sites (tertiary alicyclic amines) is 2. The number of carbonyl (C=O) groups excluding carboxylic acids is 2. The highest BCUT2D eigenvalue weighted by atomic mass is 35.5. The van der Waals surface area contributed by atoms with Crippen LogP contribution in [-0.4, -0.2) is 83.4 Å². The number of aliphatic hydroxyl groups excluding tert-OH is 1. The molecule has 3 saturated heterocycles. The SMILES string of the molecule is O=C(c1ccc(N2CCC(C3CCN(C(=O)C(O)(c4ccccc4)C(F)(F)F)CC3)CC2)cc1Cl)N1CCC(O)C1. The minimum Gasteiger partial charge on any atom is -0.391 e. The molecule has 7 nitrogen and oxygen atoms in total. The van der Waals surface area contributed by atoms with Crippen LogP contribution in [0.4, 0.5) is 18.9 Å². The molecule has 3 heterocycles. The number of alkyl halides is 3. The van der Waals surface area contributed by atoms with Gasteiger partial charge in [-0.1, -0.05) is 41.9 Å². The summed E-state index contributed by atoms with van der Waals surface area (Å²) in [6, 6.07) is 12.0. The van der Waals surface area contributed by atoms with E-state index in [1.165, 1.54) is 18.2 Å². The number of piperidine rings is 2. The van der Waals surface area contributed by atoms with Crippen molar-refractivity contribution in [3.63, 3.8) is 0 Å². The van der Waals surface area contributed by atoms with Crippen LogP contribution in [0.15, 0.2) is 48.5 Å². The van der Waals surface area contributed by atoms with Crippen molar-refractivity contribution in [3.8, 4) is 0 Å². The van der Waals surface area contributed by atoms with Crippen LogP contribution >= 0.6 is 11.6 Å². The van der Waals surface area contributed by atoms with Crippen molar-refractivity contribution in [1.82, 2.24) is 9.80 Å². The molecule has 0 aromatic heterocycles. The summed E-state index contributed by atoms with van der Waals surface area (Å²) < 4.78 is 41.9. The molecule has 0 radical (unpaired) electrons. The van der Waals surface area contributed by atoms with Gasteiger partial charge in [0.2, 0.25) is 0 Å². The van der Waals surface area contributed by atoms with E-state index in [0.29, 0.717) is 48.9 Å². The summed E-state index contributed by atoms with van der Waals surface area (Å²) in [5.41, 5.74) is -2.69. The largest absolute Gasteiger partial charge is 0.430 e. The Balaban J connectivity index is 1.15. The molecule has 2 aromatic rings. The van der Waals surface area contributed by atoms with E-state index in [1.54, 1.807) is 17.0 Å². The van der Waals surface area contributed by atoms with Gasteiger partial charge in [0.05, 0.1) is 16.7 Å². The Morgan fingerprint density at radius 3 is 1.95 bits per heavy atom. The smallest absolute Gasteiger partial charge is 0.391 e. The van der Waals surface area contributed by atoms with Crippen LogP contribution in [0, 0.1) is 11.8 Å². The minimum absolute atomic E-state index is 0.175. The quantitative estimate of drug-likeness (QED) is 0.535. The Labute approximate surface area is 242 Å². The molecule has 11 heteroatoms. The lowest BCUT2D eigenvalue weighted by Gasteiger charge is -2.42. The first-order valence-corrected chi connectivity index (χ1v) is 14.5. The number of amides is 2. The van der Waals surface area contributed by atoms with Crippen molar-refractivity contribution < 1.29 is 33.0 Å². The predicted octanol–water partition coefficient (Wildman–Crippen LogP) is 4.45. The van der Waals surface area contributed by atoms with Crippen molar-refractivity contribution in [2.24, 2.45) is 11.8 Å². The third kappa shape index (κ3) is 5.92. The number of benzene rings is 2. The molecule has 0 saturated carbocycles. The van der Waals surface area contributed by atoms with Crippen LogP contribution in [-0.2, 0) is 10.4 Å². The molecule has 0 spiro atoms. The van der Waals surface area contributed by atoms with E-state index in [2.05, 4.69) is 4.90 Å². The number of halogens is 4. The third-order valence-corrected chi connectivity index (χ3v) is 9.26. The molecule has 41 heavy (non-hydrogen) atoms. The molecule has 2 atom stereocenters. The highest BCUT2D eigenvalue weighted by Gasteiger charge is 2.62. The van der Waals surface area contributed by atoms with Crippen molar-refractivity contribution in [2.45, 2.75) is 50.0 Å². The average Bonchev–Trinajstić information content (AvgIpc) is 3.42. The number of hydrogen-bond acceptors (Lipinski definition) is 5. The molecule has 2 N–H and O–H groups in total. The number of β-amino-alcohol motifs (C(OH)–C–C–N with tert-alkyl or cyclic N) is 1. The van der Waals surface area contributed by atoms with Gasteiger partial charge >= 0.3 is 6.18 Å². The highest BCUT2D eigenvalue weighted by molar-refractivity contribution is 6.34. The zero-order valence-electron chi connectivity index (χ0n) is 22.7. The first-order chi connectivity index (χ1) is 19.5. The maximum absolute atomic E-state index is 14.0.